The van der Waals surface area contributed by atoms with Gasteiger partial charge in [0, 0.05) is 64.1 Å². The highest BCUT2D eigenvalue weighted by molar-refractivity contribution is 7.18. The number of fused-ring (bicyclic) bond motifs is 1. The molecule has 2 aliphatic rings. The van der Waals surface area contributed by atoms with Crippen LogP contribution < -0.4 is 16.0 Å². The van der Waals surface area contributed by atoms with E-state index in [1.165, 1.54) is 24.8 Å². The summed E-state index contributed by atoms with van der Waals surface area (Å²) in [6.07, 6.45) is 7.45. The molecule has 9 nitrogen and oxygen atoms in total. The van der Waals surface area contributed by atoms with Gasteiger partial charge in [-0.3, -0.25) is 14.4 Å². The van der Waals surface area contributed by atoms with Gasteiger partial charge in [-0.15, -0.1) is 11.3 Å². The summed E-state index contributed by atoms with van der Waals surface area (Å²) in [5.74, 6) is 0.465. The van der Waals surface area contributed by atoms with Crippen molar-refractivity contribution < 1.29 is 14.4 Å². The maximum absolute atomic E-state index is 13.8. The molecule has 244 valence electrons. The second-order valence-corrected chi connectivity index (χ2v) is 14.5. The Morgan fingerprint density at radius 2 is 1.73 bits per heavy atom. The van der Waals surface area contributed by atoms with Crippen molar-refractivity contribution in [1.82, 2.24) is 30.7 Å². The van der Waals surface area contributed by atoms with E-state index in [1.807, 2.05) is 13.0 Å². The van der Waals surface area contributed by atoms with Gasteiger partial charge < -0.3 is 25.8 Å². The molecule has 1 saturated heterocycles. The van der Waals surface area contributed by atoms with Crippen LogP contribution in [0.1, 0.15) is 89.1 Å². The lowest BCUT2D eigenvalue weighted by molar-refractivity contribution is -0.129. The van der Waals surface area contributed by atoms with Crippen LogP contribution in [0.4, 0.5) is 0 Å². The van der Waals surface area contributed by atoms with Crippen LogP contribution in [0, 0.1) is 11.8 Å². The molecule has 1 aromatic heterocycles. The Morgan fingerprint density at radius 3 is 2.41 bits per heavy atom. The number of rotatable bonds is 14. The van der Waals surface area contributed by atoms with E-state index in [1.54, 1.807) is 18.3 Å². The molecular weight excluding hydrogens is 572 g/mol. The molecule has 1 aliphatic carbocycles. The molecule has 2 fully saturated rings. The number of nitrogens with one attached hydrogen (secondary N) is 3. The first-order valence-electron chi connectivity index (χ1n) is 16.8. The second-order valence-electron chi connectivity index (χ2n) is 13.4. The first-order valence-corrected chi connectivity index (χ1v) is 17.6. The standard InChI is InChI=1S/C34H54N6O3S/c1-6-31(41)37-29(20-32-38-28-13-12-26(23(2)3)19-30(28)44-32)34(43)36-27(18-25-10-8-7-9-11-25)21-35-33(42)24(4)22-40-16-14-39(5)15-17-40/h12-13,19,23-25,27,29H,6-11,14-18,20-22H2,1-5H3,(H,35,42)(H,36,43)(H,37,41)/t24?,27-,29-/m0/s1. The third kappa shape index (κ3) is 10.2. The maximum atomic E-state index is 13.8. The minimum atomic E-state index is -0.728. The fourth-order valence-electron chi connectivity index (χ4n) is 6.33. The van der Waals surface area contributed by atoms with Gasteiger partial charge in [-0.25, -0.2) is 4.98 Å². The normalized spacial score (nSPS) is 19.0. The van der Waals surface area contributed by atoms with Gasteiger partial charge in [0.1, 0.15) is 6.04 Å². The van der Waals surface area contributed by atoms with Crippen molar-refractivity contribution in [3.05, 3.63) is 28.8 Å². The summed E-state index contributed by atoms with van der Waals surface area (Å²) < 4.78 is 1.09. The zero-order chi connectivity index (χ0) is 31.6. The Hall–Kier alpha value is -2.56. The van der Waals surface area contributed by atoms with Crippen LogP contribution in [-0.2, 0) is 20.8 Å². The third-order valence-corrected chi connectivity index (χ3v) is 10.3. The molecule has 0 radical (unpaired) electrons. The molecule has 1 aromatic carbocycles. The van der Waals surface area contributed by atoms with E-state index < -0.39 is 6.04 Å². The average molecular weight is 627 g/mol. The van der Waals surface area contributed by atoms with Crippen molar-refractivity contribution in [2.75, 3.05) is 46.3 Å². The second kappa shape index (κ2) is 16.7. The number of hydrogen-bond donors (Lipinski definition) is 3. The number of amides is 3. The fraction of sp³-hybridized carbons (Fsp3) is 0.706. The van der Waals surface area contributed by atoms with Crippen LogP contribution >= 0.6 is 11.3 Å². The van der Waals surface area contributed by atoms with Crippen LogP contribution in [0.25, 0.3) is 10.2 Å². The van der Waals surface area contributed by atoms with E-state index >= 15 is 0 Å². The van der Waals surface area contributed by atoms with E-state index in [9.17, 15) is 14.4 Å². The summed E-state index contributed by atoms with van der Waals surface area (Å²) in [6, 6.07) is 5.39. The van der Waals surface area contributed by atoms with Gasteiger partial charge in [0.15, 0.2) is 0 Å². The van der Waals surface area contributed by atoms with Crippen LogP contribution in [0.2, 0.25) is 0 Å². The summed E-state index contributed by atoms with van der Waals surface area (Å²) in [7, 11) is 2.13. The lowest BCUT2D eigenvalue weighted by Crippen LogP contribution is -2.54. The van der Waals surface area contributed by atoms with Crippen LogP contribution in [0.5, 0.6) is 0 Å². The largest absolute Gasteiger partial charge is 0.354 e. The summed E-state index contributed by atoms with van der Waals surface area (Å²) in [6.45, 7) is 13.3. The minimum Gasteiger partial charge on any atom is -0.354 e. The van der Waals surface area contributed by atoms with Crippen molar-refractivity contribution in [2.45, 2.75) is 97.1 Å². The van der Waals surface area contributed by atoms with Crippen LogP contribution in [-0.4, -0.2) is 90.9 Å². The molecule has 2 aromatic rings. The summed E-state index contributed by atoms with van der Waals surface area (Å²) in [5.41, 5.74) is 2.17. The molecule has 4 rings (SSSR count). The number of aromatic nitrogens is 1. The van der Waals surface area contributed by atoms with E-state index in [2.05, 4.69) is 58.8 Å². The number of carbonyl (C=O) groups excluding carboxylic acids is 3. The van der Waals surface area contributed by atoms with E-state index in [0.717, 1.165) is 67.2 Å². The van der Waals surface area contributed by atoms with E-state index in [4.69, 9.17) is 4.98 Å². The smallest absolute Gasteiger partial charge is 0.243 e. The lowest BCUT2D eigenvalue weighted by Gasteiger charge is -2.33. The summed E-state index contributed by atoms with van der Waals surface area (Å²) in [4.78, 5) is 48.9. The van der Waals surface area contributed by atoms with Crippen molar-refractivity contribution in [2.24, 2.45) is 11.8 Å². The van der Waals surface area contributed by atoms with Crippen molar-refractivity contribution in [3.8, 4) is 0 Å². The van der Waals surface area contributed by atoms with Crippen LogP contribution in [0.15, 0.2) is 18.2 Å². The highest BCUT2D eigenvalue weighted by atomic mass is 32.1. The Kier molecular flexibility index (Phi) is 13.0. The molecule has 0 bridgehead atoms. The first kappa shape index (κ1) is 34.3. The number of piperazine rings is 1. The van der Waals surface area contributed by atoms with Gasteiger partial charge in [0.2, 0.25) is 17.7 Å². The number of benzene rings is 1. The topological polar surface area (TPSA) is 107 Å². The SMILES string of the molecule is CCC(=O)N[C@@H](Cc1nc2ccc(C(C)C)cc2s1)C(=O)N[C@H](CNC(=O)C(C)CN1CCN(C)CC1)CC1CCCCC1. The monoisotopic (exact) mass is 626 g/mol. The van der Waals surface area contributed by atoms with Gasteiger partial charge >= 0.3 is 0 Å². The summed E-state index contributed by atoms with van der Waals surface area (Å²) >= 11 is 1.58. The molecule has 44 heavy (non-hydrogen) atoms. The Labute approximate surface area is 267 Å². The molecule has 0 spiro atoms. The molecule has 10 heteroatoms. The summed E-state index contributed by atoms with van der Waals surface area (Å²) in [5, 5.41) is 10.2. The number of likely N-dealkylation sites (N-methyl/N-ethyl adjacent to an activating group) is 1. The van der Waals surface area contributed by atoms with Crippen LogP contribution in [0.3, 0.4) is 0 Å². The molecule has 3 atom stereocenters. The number of carbonyl (C=O) groups is 3. The number of thiazole rings is 1. The fourth-order valence-corrected chi connectivity index (χ4v) is 7.40. The van der Waals surface area contributed by atoms with E-state index in [-0.39, 0.29) is 29.7 Å². The molecule has 1 saturated carbocycles. The Bertz CT molecular complexity index is 1230. The molecule has 3 N–H and O–H groups in total. The van der Waals surface area contributed by atoms with Crippen molar-refractivity contribution >= 4 is 39.3 Å². The van der Waals surface area contributed by atoms with Gasteiger partial charge in [0.25, 0.3) is 0 Å². The molecular formula is C34H54N6O3S. The quantitative estimate of drug-likeness (QED) is 0.289. The zero-order valence-corrected chi connectivity index (χ0v) is 28.3. The molecule has 1 aliphatic heterocycles. The maximum Gasteiger partial charge on any atom is 0.243 e. The van der Waals surface area contributed by atoms with Gasteiger partial charge in [-0.2, -0.15) is 0 Å². The van der Waals surface area contributed by atoms with Gasteiger partial charge in [-0.1, -0.05) is 65.9 Å². The van der Waals surface area contributed by atoms with E-state index in [0.29, 0.717) is 31.2 Å². The number of hydrogen-bond acceptors (Lipinski definition) is 7. The molecule has 3 amide bonds. The Balaban J connectivity index is 1.42. The van der Waals surface area contributed by atoms with Crippen molar-refractivity contribution in [3.63, 3.8) is 0 Å². The van der Waals surface area contributed by atoms with Crippen molar-refractivity contribution in [1.29, 1.82) is 0 Å². The predicted octanol–water partition coefficient (Wildman–Crippen LogP) is 4.31. The Morgan fingerprint density at radius 1 is 1.00 bits per heavy atom. The highest BCUT2D eigenvalue weighted by Crippen LogP contribution is 2.28. The average Bonchev–Trinajstić information content (AvgIpc) is 3.42. The highest BCUT2D eigenvalue weighted by Gasteiger charge is 2.28. The van der Waals surface area contributed by atoms with Gasteiger partial charge in [0.05, 0.1) is 15.2 Å². The van der Waals surface area contributed by atoms with Gasteiger partial charge in [-0.05, 0) is 43.0 Å². The third-order valence-electron chi connectivity index (χ3n) is 9.26. The zero-order valence-electron chi connectivity index (χ0n) is 27.5. The number of nitrogens with zero attached hydrogens (tertiary/aromatic N) is 3. The molecule has 2 heterocycles. The lowest BCUT2D eigenvalue weighted by atomic mass is 9.84. The first-order chi connectivity index (χ1) is 21.1. The predicted molar refractivity (Wildman–Crippen MR) is 179 cm³/mol. The minimum absolute atomic E-state index is 0.0258. The molecule has 1 unspecified atom stereocenters.